The summed E-state index contributed by atoms with van der Waals surface area (Å²) in [4.78, 5) is 28.4. The van der Waals surface area contributed by atoms with Gasteiger partial charge in [-0.1, -0.05) is 18.2 Å². The molecule has 4 saturated carbocycles. The minimum Gasteiger partial charge on any atom is -0.494 e. The number of methoxy groups -OCH3 is 1. The number of hydrogen-bond donors (Lipinski definition) is 2. The summed E-state index contributed by atoms with van der Waals surface area (Å²) in [6, 6.07) is 11.9. The first-order valence-electron chi connectivity index (χ1n) is 17.3. The number of rotatable bonds is 8. The van der Waals surface area contributed by atoms with E-state index in [1.54, 1.807) is 7.11 Å². The molecule has 4 aliphatic carbocycles. The van der Waals surface area contributed by atoms with Gasteiger partial charge in [0, 0.05) is 70.0 Å². The van der Waals surface area contributed by atoms with Crippen molar-refractivity contribution in [1.82, 2.24) is 19.8 Å². The van der Waals surface area contributed by atoms with Gasteiger partial charge in [-0.25, -0.2) is 4.98 Å². The maximum atomic E-state index is 13.9. The van der Waals surface area contributed by atoms with E-state index in [0.29, 0.717) is 46.8 Å². The van der Waals surface area contributed by atoms with Crippen molar-refractivity contribution < 1.29 is 22.7 Å². The predicted octanol–water partition coefficient (Wildman–Crippen LogP) is 7.01. The smallest absolute Gasteiger partial charge is 0.421 e. The molecular weight excluding hydrogens is 631 g/mol. The van der Waals surface area contributed by atoms with E-state index in [9.17, 15) is 18.0 Å². The number of nitrogens with one attached hydrogen (secondary N) is 2. The van der Waals surface area contributed by atoms with Crippen LogP contribution in [0.3, 0.4) is 0 Å². The number of aromatic nitrogens is 2. The highest BCUT2D eigenvalue weighted by Gasteiger charge is 2.59. The summed E-state index contributed by atoms with van der Waals surface area (Å²) in [6.07, 6.45) is 1.79. The van der Waals surface area contributed by atoms with Crippen LogP contribution in [0.15, 0.2) is 42.6 Å². The number of piperazine rings is 1. The molecule has 2 aromatic carbocycles. The lowest BCUT2D eigenvalue weighted by atomic mass is 9.47. The predicted molar refractivity (Wildman–Crippen MR) is 185 cm³/mol. The normalized spacial score (nSPS) is 26.5. The van der Waals surface area contributed by atoms with Crippen LogP contribution in [-0.2, 0) is 11.0 Å². The maximum absolute atomic E-state index is 13.9. The van der Waals surface area contributed by atoms with Crippen molar-refractivity contribution in [3.8, 4) is 5.75 Å². The molecule has 1 saturated heterocycles. The molecule has 12 heteroatoms. The van der Waals surface area contributed by atoms with Gasteiger partial charge in [-0.3, -0.25) is 9.69 Å². The topological polar surface area (TPSA) is 85.9 Å². The first-order chi connectivity index (χ1) is 23.3. The van der Waals surface area contributed by atoms with Crippen LogP contribution in [0.25, 0.3) is 0 Å². The lowest BCUT2D eigenvalue weighted by Gasteiger charge is -2.62. The molecule has 2 atom stereocenters. The fraction of sp³-hybridized carbons (Fsp3) is 0.541. The summed E-state index contributed by atoms with van der Waals surface area (Å²) in [6.45, 7) is 7.37. The van der Waals surface area contributed by atoms with Crippen LogP contribution in [-0.4, -0.2) is 79.1 Å². The average Bonchev–Trinajstić information content (AvgIpc) is 3.05. The van der Waals surface area contributed by atoms with Crippen molar-refractivity contribution in [2.24, 2.45) is 23.2 Å². The van der Waals surface area contributed by atoms with Gasteiger partial charge in [0.2, 0.25) is 11.9 Å². The Morgan fingerprint density at radius 3 is 2.27 bits per heavy atom. The Kier molecular flexibility index (Phi) is 8.65. The molecule has 2 unspecified atom stereocenters. The van der Waals surface area contributed by atoms with Gasteiger partial charge in [0.1, 0.15) is 17.1 Å². The summed E-state index contributed by atoms with van der Waals surface area (Å²) < 4.78 is 47.6. The van der Waals surface area contributed by atoms with E-state index in [-0.39, 0.29) is 17.2 Å². The molecule has 3 aromatic rings. The SMILES string of the molecule is COc1cc(N2CCN(C3C4CC5CC3CC(C(=O)N(C)C)(C5)C4)CC2)ccc1Nc1ncc(C(F)(F)F)c(Nc2c(C)cccc2C)n1. The third-order valence-corrected chi connectivity index (χ3v) is 11.4. The second-order valence-corrected chi connectivity index (χ2v) is 14.8. The third kappa shape index (κ3) is 6.28. The quantitative estimate of drug-likeness (QED) is 0.264. The first kappa shape index (κ1) is 33.4. The Bertz CT molecular complexity index is 1690. The average molecular weight is 678 g/mol. The Morgan fingerprint density at radius 2 is 1.65 bits per heavy atom. The highest BCUT2D eigenvalue weighted by atomic mass is 19.4. The maximum Gasteiger partial charge on any atom is 0.421 e. The van der Waals surface area contributed by atoms with E-state index in [4.69, 9.17) is 4.74 Å². The number of hydrogen-bond acceptors (Lipinski definition) is 8. The van der Waals surface area contributed by atoms with Gasteiger partial charge in [0.15, 0.2) is 0 Å². The molecule has 0 radical (unpaired) electrons. The van der Waals surface area contributed by atoms with Crippen molar-refractivity contribution in [3.05, 3.63) is 59.3 Å². The number of alkyl halides is 3. The number of amides is 1. The van der Waals surface area contributed by atoms with E-state index in [1.807, 2.05) is 69.2 Å². The lowest BCUT2D eigenvalue weighted by molar-refractivity contribution is -0.164. The molecular formula is C37H46F3N7O2. The number of aryl methyl sites for hydroxylation is 2. The van der Waals surface area contributed by atoms with Crippen molar-refractivity contribution in [2.75, 3.05) is 62.9 Å². The van der Waals surface area contributed by atoms with Gasteiger partial charge >= 0.3 is 6.18 Å². The largest absolute Gasteiger partial charge is 0.494 e. The monoisotopic (exact) mass is 677 g/mol. The standard InChI is InChI=1S/C37H46F3N7O2/c1-22-7-6-8-23(2)31(22)43-33-28(37(38,39)40)21-41-35(44-33)42-29-10-9-27(17-30(29)49-5)46-11-13-47(14-12-46)32-25-15-24-16-26(32)20-36(18-24,19-25)34(48)45(3)4/h6-10,17,21,24-26,32H,11-16,18-20H2,1-5H3,(H2,41,42,43,44). The zero-order chi connectivity index (χ0) is 34.7. The van der Waals surface area contributed by atoms with E-state index in [2.05, 4.69) is 30.4 Å². The Balaban J connectivity index is 1.04. The minimum atomic E-state index is -4.63. The molecule has 49 heavy (non-hydrogen) atoms. The number of halogens is 3. The fourth-order valence-electron chi connectivity index (χ4n) is 9.58. The van der Waals surface area contributed by atoms with E-state index in [1.165, 1.54) is 12.8 Å². The number of ether oxygens (including phenoxy) is 1. The molecule has 2 N–H and O–H groups in total. The summed E-state index contributed by atoms with van der Waals surface area (Å²) >= 11 is 0. The molecule has 262 valence electrons. The highest BCUT2D eigenvalue weighted by molar-refractivity contribution is 5.83. The van der Waals surface area contributed by atoms with E-state index >= 15 is 0 Å². The van der Waals surface area contributed by atoms with Gasteiger partial charge in [-0.2, -0.15) is 18.2 Å². The van der Waals surface area contributed by atoms with Crippen molar-refractivity contribution in [3.63, 3.8) is 0 Å². The van der Waals surface area contributed by atoms with E-state index in [0.717, 1.165) is 68.5 Å². The second kappa shape index (κ2) is 12.7. The number of para-hydroxylation sites is 1. The van der Waals surface area contributed by atoms with Crippen molar-refractivity contribution in [1.29, 1.82) is 0 Å². The van der Waals surface area contributed by atoms with Crippen molar-refractivity contribution >= 4 is 34.7 Å². The van der Waals surface area contributed by atoms with Gasteiger partial charge in [0.25, 0.3) is 0 Å². The van der Waals surface area contributed by atoms with Crippen molar-refractivity contribution in [2.45, 2.75) is 58.2 Å². The molecule has 9 nitrogen and oxygen atoms in total. The first-order valence-corrected chi connectivity index (χ1v) is 17.3. The Hall–Kier alpha value is -4.06. The Labute approximate surface area is 286 Å². The number of nitrogens with zero attached hydrogens (tertiary/aromatic N) is 5. The number of carbonyl (C=O) groups excluding carboxylic acids is 1. The van der Waals surface area contributed by atoms with Gasteiger partial charge in [-0.05, 0) is 87.0 Å². The van der Waals surface area contributed by atoms with Crippen LogP contribution in [0.5, 0.6) is 5.75 Å². The molecule has 0 spiro atoms. The zero-order valence-electron chi connectivity index (χ0n) is 28.9. The van der Waals surface area contributed by atoms with Gasteiger partial charge in [0.05, 0.1) is 18.2 Å². The zero-order valence-corrected chi connectivity index (χ0v) is 28.9. The van der Waals surface area contributed by atoms with Gasteiger partial charge in [-0.15, -0.1) is 0 Å². The molecule has 5 aliphatic rings. The molecule has 1 aromatic heterocycles. The number of anilines is 5. The molecule has 5 fully saturated rings. The third-order valence-electron chi connectivity index (χ3n) is 11.4. The molecule has 1 amide bonds. The lowest BCUT2D eigenvalue weighted by Crippen LogP contribution is -2.64. The number of benzene rings is 2. The van der Waals surface area contributed by atoms with Crippen LogP contribution < -0.4 is 20.3 Å². The number of carbonyl (C=O) groups is 1. The van der Waals surface area contributed by atoms with Crippen LogP contribution in [0.1, 0.15) is 48.8 Å². The Morgan fingerprint density at radius 1 is 0.980 bits per heavy atom. The van der Waals surface area contributed by atoms with Crippen LogP contribution >= 0.6 is 0 Å². The fourth-order valence-corrected chi connectivity index (χ4v) is 9.58. The van der Waals surface area contributed by atoms with Crippen LogP contribution in [0.2, 0.25) is 0 Å². The highest BCUT2D eigenvalue weighted by Crippen LogP contribution is 2.61. The van der Waals surface area contributed by atoms with E-state index < -0.39 is 11.7 Å². The minimum absolute atomic E-state index is 0.0196. The summed E-state index contributed by atoms with van der Waals surface area (Å²) in [5.74, 6) is 2.45. The summed E-state index contributed by atoms with van der Waals surface area (Å²) in [7, 11) is 5.38. The van der Waals surface area contributed by atoms with Gasteiger partial charge < -0.3 is 25.2 Å². The summed E-state index contributed by atoms with van der Waals surface area (Å²) in [5.41, 5.74) is 2.67. The second-order valence-electron chi connectivity index (χ2n) is 14.8. The summed E-state index contributed by atoms with van der Waals surface area (Å²) in [5, 5.41) is 5.98. The molecule has 2 heterocycles. The molecule has 8 rings (SSSR count). The molecule has 4 bridgehead atoms. The van der Waals surface area contributed by atoms with Crippen LogP contribution in [0.4, 0.5) is 42.0 Å². The van der Waals surface area contributed by atoms with Crippen LogP contribution in [0, 0.1) is 37.0 Å². The molecule has 1 aliphatic heterocycles.